The molecule has 8 nitrogen and oxygen atoms in total. The molecule has 0 aromatic carbocycles. The van der Waals surface area contributed by atoms with Gasteiger partial charge in [-0.25, -0.2) is 17.5 Å². The van der Waals surface area contributed by atoms with Crippen LogP contribution >= 0.6 is 0 Å². The van der Waals surface area contributed by atoms with E-state index in [1.807, 2.05) is 13.8 Å². The van der Waals surface area contributed by atoms with Crippen LogP contribution in [-0.4, -0.2) is 61.0 Å². The molecular weight excluding hydrogens is 418 g/mol. The molecule has 4 rings (SSSR count). The molecule has 2 saturated carbocycles. The first-order valence-electron chi connectivity index (χ1n) is 11.1. The van der Waals surface area contributed by atoms with Crippen molar-refractivity contribution in [3.63, 3.8) is 0 Å². The van der Waals surface area contributed by atoms with Gasteiger partial charge in [0.05, 0.1) is 11.4 Å². The summed E-state index contributed by atoms with van der Waals surface area (Å²) >= 11 is 0. The van der Waals surface area contributed by atoms with Crippen molar-refractivity contribution in [3.05, 3.63) is 24.0 Å². The van der Waals surface area contributed by atoms with E-state index in [1.54, 1.807) is 22.9 Å². The summed E-state index contributed by atoms with van der Waals surface area (Å²) in [5.41, 5.74) is -1.54. The Morgan fingerprint density at radius 3 is 2.58 bits per heavy atom. The molecule has 2 aliphatic carbocycles. The van der Waals surface area contributed by atoms with Gasteiger partial charge < -0.3 is 9.30 Å². The maximum absolute atomic E-state index is 13.3. The van der Waals surface area contributed by atoms with Crippen molar-refractivity contribution < 1.29 is 22.7 Å². The first-order valence-corrected chi connectivity index (χ1v) is 12.8. The number of aromatic nitrogens is 1. The van der Waals surface area contributed by atoms with E-state index in [9.17, 15) is 18.0 Å². The standard InChI is InChI=1S/C22H33N3O5S/c1-5-24(6-2)31(28,29)15-21-10-9-16(20(21,3)4)12-18(21)30-19(27)22(14-23-22)25-11-7-8-17(25)13-26/h7-8,11,13,16,18,23H,5-6,9-10,12,14-15H2,1-4H3/t16-,18-,21+,22+/m1/s1. The molecule has 1 aromatic rings. The Balaban J connectivity index is 1.63. The van der Waals surface area contributed by atoms with Crippen LogP contribution in [0.15, 0.2) is 18.3 Å². The molecule has 3 aliphatic rings. The van der Waals surface area contributed by atoms with Crippen LogP contribution in [0, 0.1) is 16.7 Å². The second kappa shape index (κ2) is 7.42. The average molecular weight is 452 g/mol. The van der Waals surface area contributed by atoms with E-state index < -0.39 is 33.2 Å². The van der Waals surface area contributed by atoms with Crippen LogP contribution in [0.5, 0.6) is 0 Å². The molecule has 1 N–H and O–H groups in total. The molecule has 1 saturated heterocycles. The van der Waals surface area contributed by atoms with Gasteiger partial charge in [0, 0.05) is 31.2 Å². The second-order valence-corrected chi connectivity index (χ2v) is 11.7. The lowest BCUT2D eigenvalue weighted by Gasteiger charge is -2.42. The molecule has 172 valence electrons. The fourth-order valence-corrected chi connectivity index (χ4v) is 8.42. The molecule has 0 radical (unpaired) electrons. The number of nitrogens with one attached hydrogen (secondary N) is 1. The SMILES string of the molecule is CCN(CC)S(=O)(=O)C[C@@]12CC[C@H](C[C@H]1OC(=O)[C@@]1(n3cccc3C=O)CN1)C2(C)C. The Bertz CT molecular complexity index is 977. The van der Waals surface area contributed by atoms with Crippen molar-refractivity contribution in [2.45, 2.75) is 58.7 Å². The van der Waals surface area contributed by atoms with Crippen molar-refractivity contribution in [1.29, 1.82) is 0 Å². The first kappa shape index (κ1) is 22.5. The molecule has 1 aromatic heterocycles. The molecular formula is C22H33N3O5S. The largest absolute Gasteiger partial charge is 0.459 e. The summed E-state index contributed by atoms with van der Waals surface area (Å²) in [6, 6.07) is 3.37. The number of esters is 1. The Morgan fingerprint density at radius 1 is 1.35 bits per heavy atom. The monoisotopic (exact) mass is 451 g/mol. The summed E-state index contributed by atoms with van der Waals surface area (Å²) in [4.78, 5) is 24.7. The zero-order valence-corrected chi connectivity index (χ0v) is 19.6. The predicted molar refractivity (Wildman–Crippen MR) is 116 cm³/mol. The number of ether oxygens (including phenoxy) is 1. The number of fused-ring (bicyclic) bond motifs is 2. The lowest BCUT2D eigenvalue weighted by atomic mass is 9.69. The van der Waals surface area contributed by atoms with E-state index in [2.05, 4.69) is 19.2 Å². The van der Waals surface area contributed by atoms with Crippen LogP contribution in [0.3, 0.4) is 0 Å². The Labute approximate surface area is 184 Å². The molecule has 4 atom stereocenters. The number of carbonyl (C=O) groups is 2. The van der Waals surface area contributed by atoms with Gasteiger partial charge in [-0.2, -0.15) is 0 Å². The van der Waals surface area contributed by atoms with E-state index in [4.69, 9.17) is 4.74 Å². The van der Waals surface area contributed by atoms with Crippen molar-refractivity contribution >= 4 is 22.3 Å². The lowest BCUT2D eigenvalue weighted by Crippen LogP contribution is -2.50. The molecule has 2 heterocycles. The Kier molecular flexibility index (Phi) is 5.38. The van der Waals surface area contributed by atoms with Crippen LogP contribution in [0.1, 0.15) is 57.4 Å². The Hall–Kier alpha value is -1.71. The van der Waals surface area contributed by atoms with E-state index in [0.29, 0.717) is 44.0 Å². The van der Waals surface area contributed by atoms with Crippen molar-refractivity contribution in [2.24, 2.45) is 16.7 Å². The summed E-state index contributed by atoms with van der Waals surface area (Å²) in [6.07, 6.45) is 4.30. The zero-order chi connectivity index (χ0) is 22.7. The normalized spacial score (nSPS) is 33.6. The minimum absolute atomic E-state index is 0.00728. The third-order valence-electron chi connectivity index (χ3n) is 8.31. The summed E-state index contributed by atoms with van der Waals surface area (Å²) in [7, 11) is -3.49. The minimum atomic E-state index is -3.49. The average Bonchev–Trinajstić information content (AvgIpc) is 3.26. The second-order valence-electron chi connectivity index (χ2n) is 9.72. The van der Waals surface area contributed by atoms with E-state index in [-0.39, 0.29) is 11.2 Å². The van der Waals surface area contributed by atoms with Crippen molar-refractivity contribution in [2.75, 3.05) is 25.4 Å². The van der Waals surface area contributed by atoms with Crippen LogP contribution in [0.2, 0.25) is 0 Å². The third kappa shape index (κ3) is 3.19. The number of aldehydes is 1. The zero-order valence-electron chi connectivity index (χ0n) is 18.8. The topological polar surface area (TPSA) is 108 Å². The number of sulfonamides is 1. The number of nitrogens with zero attached hydrogens (tertiary/aromatic N) is 2. The number of rotatable bonds is 9. The van der Waals surface area contributed by atoms with Crippen LogP contribution in [0.25, 0.3) is 0 Å². The lowest BCUT2D eigenvalue weighted by molar-refractivity contribution is -0.162. The van der Waals surface area contributed by atoms with Gasteiger partial charge in [0.1, 0.15) is 6.10 Å². The highest BCUT2D eigenvalue weighted by atomic mass is 32.2. The fraction of sp³-hybridized carbons (Fsp3) is 0.727. The number of hydrogen-bond donors (Lipinski definition) is 1. The van der Waals surface area contributed by atoms with Gasteiger partial charge in [0.15, 0.2) is 6.29 Å². The molecule has 2 bridgehead atoms. The predicted octanol–water partition coefficient (Wildman–Crippen LogP) is 1.97. The Morgan fingerprint density at radius 2 is 2.03 bits per heavy atom. The van der Waals surface area contributed by atoms with Gasteiger partial charge in [-0.1, -0.05) is 27.7 Å². The maximum atomic E-state index is 13.3. The maximum Gasteiger partial charge on any atom is 0.349 e. The molecule has 1 aliphatic heterocycles. The molecule has 3 fully saturated rings. The summed E-state index contributed by atoms with van der Waals surface area (Å²) in [5.74, 6) is -0.135. The highest BCUT2D eigenvalue weighted by Gasteiger charge is 2.68. The van der Waals surface area contributed by atoms with E-state index in [0.717, 1.165) is 12.8 Å². The molecule has 0 amide bonds. The van der Waals surface area contributed by atoms with Crippen LogP contribution in [0.4, 0.5) is 0 Å². The molecule has 9 heteroatoms. The van der Waals surface area contributed by atoms with Crippen LogP contribution in [-0.2, 0) is 25.2 Å². The molecule has 31 heavy (non-hydrogen) atoms. The van der Waals surface area contributed by atoms with Crippen molar-refractivity contribution in [1.82, 2.24) is 14.2 Å². The quantitative estimate of drug-likeness (QED) is 0.349. The first-order chi connectivity index (χ1) is 14.6. The highest BCUT2D eigenvalue weighted by molar-refractivity contribution is 7.89. The third-order valence-corrected chi connectivity index (χ3v) is 10.5. The van der Waals surface area contributed by atoms with Crippen LogP contribution < -0.4 is 5.32 Å². The number of carbonyl (C=O) groups excluding carboxylic acids is 2. The van der Waals surface area contributed by atoms with Gasteiger partial charge >= 0.3 is 5.97 Å². The van der Waals surface area contributed by atoms with Gasteiger partial charge in [0.2, 0.25) is 15.7 Å². The van der Waals surface area contributed by atoms with Gasteiger partial charge in [-0.3, -0.25) is 10.1 Å². The van der Waals surface area contributed by atoms with Gasteiger partial charge in [-0.05, 0) is 42.7 Å². The van der Waals surface area contributed by atoms with Gasteiger partial charge in [0.25, 0.3) is 0 Å². The van der Waals surface area contributed by atoms with E-state index in [1.165, 1.54) is 4.31 Å². The summed E-state index contributed by atoms with van der Waals surface area (Å²) in [6.45, 7) is 9.17. The smallest absolute Gasteiger partial charge is 0.349 e. The minimum Gasteiger partial charge on any atom is -0.459 e. The van der Waals surface area contributed by atoms with Gasteiger partial charge in [-0.15, -0.1) is 0 Å². The summed E-state index contributed by atoms with van der Waals surface area (Å²) < 4.78 is 35.7. The highest BCUT2D eigenvalue weighted by Crippen LogP contribution is 2.67. The van der Waals surface area contributed by atoms with Crippen molar-refractivity contribution in [3.8, 4) is 0 Å². The fourth-order valence-electron chi connectivity index (χ4n) is 6.10. The molecule has 0 unspecified atom stereocenters. The summed E-state index contributed by atoms with van der Waals surface area (Å²) in [5, 5.41) is 3.06. The van der Waals surface area contributed by atoms with E-state index >= 15 is 0 Å². The molecule has 0 spiro atoms. The number of hydrogen-bond acceptors (Lipinski definition) is 6.